The Kier molecular flexibility index (Phi) is 4.39. The largest absolute Gasteiger partial charge is 0.325 e. The zero-order valence-electron chi connectivity index (χ0n) is 15.8. The average molecular weight is 395 g/mol. The molecule has 0 radical (unpaired) electrons. The zero-order valence-corrected chi connectivity index (χ0v) is 16.6. The average Bonchev–Trinajstić information content (AvgIpc) is 3.05. The maximum absolute atomic E-state index is 13.3. The number of anilines is 1. The minimum absolute atomic E-state index is 0.0349. The highest BCUT2D eigenvalue weighted by Crippen LogP contribution is 2.36. The first-order chi connectivity index (χ1) is 13.3. The fourth-order valence-electron chi connectivity index (χ4n) is 4.30. The van der Waals surface area contributed by atoms with Crippen molar-refractivity contribution in [3.8, 4) is 6.07 Å². The van der Waals surface area contributed by atoms with Gasteiger partial charge in [-0.25, -0.2) is 13.2 Å². The van der Waals surface area contributed by atoms with E-state index in [2.05, 4.69) is 6.07 Å². The van der Waals surface area contributed by atoms with Crippen LogP contribution < -0.4 is 4.90 Å². The number of carbonyl (C=O) groups excluding carboxylic acids is 1. The molecule has 2 saturated heterocycles. The van der Waals surface area contributed by atoms with Crippen molar-refractivity contribution in [2.75, 3.05) is 16.4 Å². The Morgan fingerprint density at radius 1 is 1.07 bits per heavy atom. The van der Waals surface area contributed by atoms with Gasteiger partial charge in [0.15, 0.2) is 9.84 Å². The van der Waals surface area contributed by atoms with Crippen LogP contribution >= 0.6 is 0 Å². The first kappa shape index (κ1) is 18.5. The Bertz CT molecular complexity index is 1080. The van der Waals surface area contributed by atoms with E-state index < -0.39 is 21.9 Å². The van der Waals surface area contributed by atoms with Gasteiger partial charge < -0.3 is 4.90 Å². The number of urea groups is 1. The van der Waals surface area contributed by atoms with Crippen molar-refractivity contribution in [3.63, 3.8) is 0 Å². The topological polar surface area (TPSA) is 81.5 Å². The lowest BCUT2D eigenvalue weighted by Gasteiger charge is -2.23. The summed E-state index contributed by atoms with van der Waals surface area (Å²) in [4.78, 5) is 16.6. The molecule has 144 valence electrons. The number of carbonyl (C=O) groups is 1. The minimum Gasteiger partial charge on any atom is -0.314 e. The third-order valence-corrected chi connectivity index (χ3v) is 7.14. The number of sulfone groups is 1. The van der Waals surface area contributed by atoms with Crippen LogP contribution in [0.15, 0.2) is 42.5 Å². The highest BCUT2D eigenvalue weighted by Gasteiger charge is 2.53. The monoisotopic (exact) mass is 395 g/mol. The number of amides is 2. The van der Waals surface area contributed by atoms with Gasteiger partial charge in [0.25, 0.3) is 0 Å². The van der Waals surface area contributed by atoms with E-state index in [4.69, 9.17) is 0 Å². The Morgan fingerprint density at radius 2 is 1.71 bits per heavy atom. The molecule has 0 aromatic heterocycles. The number of hydrogen-bond acceptors (Lipinski definition) is 4. The highest BCUT2D eigenvalue weighted by atomic mass is 32.2. The number of rotatable bonds is 3. The molecule has 4 rings (SSSR count). The quantitative estimate of drug-likeness (QED) is 0.749. The van der Waals surface area contributed by atoms with E-state index in [1.807, 2.05) is 44.2 Å². The van der Waals surface area contributed by atoms with Gasteiger partial charge in [0.1, 0.15) is 0 Å². The predicted molar refractivity (Wildman–Crippen MR) is 107 cm³/mol. The maximum atomic E-state index is 13.3. The van der Waals surface area contributed by atoms with Crippen LogP contribution in [-0.4, -0.2) is 42.9 Å². The molecule has 2 fully saturated rings. The van der Waals surface area contributed by atoms with Gasteiger partial charge in [-0.1, -0.05) is 24.3 Å². The smallest absolute Gasteiger partial charge is 0.314 e. The summed E-state index contributed by atoms with van der Waals surface area (Å²) in [6.07, 6.45) is 0. The molecule has 2 aromatic carbocycles. The Balaban J connectivity index is 1.76. The Labute approximate surface area is 164 Å². The molecular weight excluding hydrogens is 374 g/mol. The molecule has 0 bridgehead atoms. The molecular formula is C21H21N3O3S. The molecule has 0 spiro atoms. The summed E-state index contributed by atoms with van der Waals surface area (Å²) in [7, 11) is -3.23. The number of aryl methyl sites for hydroxylation is 2. The van der Waals surface area contributed by atoms with Crippen molar-refractivity contribution in [1.82, 2.24) is 4.90 Å². The van der Waals surface area contributed by atoms with Crippen molar-refractivity contribution in [2.24, 2.45) is 0 Å². The van der Waals surface area contributed by atoms with Gasteiger partial charge in [0.05, 0.1) is 35.2 Å². The number of hydrogen-bond donors (Lipinski definition) is 0. The minimum atomic E-state index is -3.23. The van der Waals surface area contributed by atoms with Crippen LogP contribution in [0.4, 0.5) is 10.5 Å². The third-order valence-electron chi connectivity index (χ3n) is 5.44. The predicted octanol–water partition coefficient (Wildman–Crippen LogP) is 2.78. The molecule has 2 heterocycles. The summed E-state index contributed by atoms with van der Waals surface area (Å²) in [5.41, 5.74) is 3.99. The zero-order chi connectivity index (χ0) is 20.1. The molecule has 0 saturated carbocycles. The van der Waals surface area contributed by atoms with Gasteiger partial charge in [-0.05, 0) is 48.7 Å². The standard InChI is InChI=1S/C21H21N3O3S/c1-14-7-15(2)9-18(8-14)24-20-13-28(26,27)12-19(20)23(21(24)25)11-17-6-4-3-5-16(17)10-22/h3-9,19-20H,11-13H2,1-2H3. The van der Waals surface area contributed by atoms with Gasteiger partial charge in [-0.3, -0.25) is 4.90 Å². The second-order valence-electron chi connectivity index (χ2n) is 7.61. The lowest BCUT2D eigenvalue weighted by molar-refractivity contribution is 0.206. The molecule has 2 unspecified atom stereocenters. The summed E-state index contributed by atoms with van der Waals surface area (Å²) >= 11 is 0. The van der Waals surface area contributed by atoms with Crippen LogP contribution in [0.2, 0.25) is 0 Å². The van der Waals surface area contributed by atoms with E-state index in [1.54, 1.807) is 21.9 Å². The van der Waals surface area contributed by atoms with Crippen LogP contribution in [0, 0.1) is 25.2 Å². The lowest BCUT2D eigenvalue weighted by Crippen LogP contribution is -2.37. The van der Waals surface area contributed by atoms with Crippen molar-refractivity contribution in [1.29, 1.82) is 5.26 Å². The van der Waals surface area contributed by atoms with Gasteiger partial charge in [-0.15, -0.1) is 0 Å². The SMILES string of the molecule is Cc1cc(C)cc(N2C(=O)N(Cc3ccccc3C#N)C3CS(=O)(=O)CC32)c1. The summed E-state index contributed by atoms with van der Waals surface area (Å²) < 4.78 is 24.7. The summed E-state index contributed by atoms with van der Waals surface area (Å²) in [5.74, 6) is -0.0772. The fraction of sp³-hybridized carbons (Fsp3) is 0.333. The van der Waals surface area contributed by atoms with E-state index >= 15 is 0 Å². The molecule has 7 heteroatoms. The van der Waals surface area contributed by atoms with Gasteiger partial charge in [0.2, 0.25) is 0 Å². The number of fused-ring (bicyclic) bond motifs is 1. The molecule has 2 aromatic rings. The lowest BCUT2D eigenvalue weighted by atomic mass is 10.1. The summed E-state index contributed by atoms with van der Waals surface area (Å²) in [6, 6.07) is 14.1. The summed E-state index contributed by atoms with van der Waals surface area (Å²) in [6.45, 7) is 4.14. The number of benzene rings is 2. The summed E-state index contributed by atoms with van der Waals surface area (Å²) in [5, 5.41) is 9.36. The number of nitriles is 1. The second kappa shape index (κ2) is 6.64. The van der Waals surface area contributed by atoms with Crippen LogP contribution in [-0.2, 0) is 16.4 Å². The fourth-order valence-corrected chi connectivity index (χ4v) is 6.25. The first-order valence-corrected chi connectivity index (χ1v) is 11.0. The van der Waals surface area contributed by atoms with E-state index in [0.29, 0.717) is 5.56 Å². The molecule has 2 atom stereocenters. The first-order valence-electron chi connectivity index (χ1n) is 9.15. The highest BCUT2D eigenvalue weighted by molar-refractivity contribution is 7.91. The number of nitrogens with zero attached hydrogens (tertiary/aromatic N) is 3. The van der Waals surface area contributed by atoms with E-state index in [0.717, 1.165) is 22.4 Å². The Hall–Kier alpha value is -2.85. The van der Waals surface area contributed by atoms with Crippen molar-refractivity contribution < 1.29 is 13.2 Å². The van der Waals surface area contributed by atoms with Gasteiger partial charge in [-0.2, -0.15) is 5.26 Å². The van der Waals surface area contributed by atoms with Crippen LogP contribution in [0.1, 0.15) is 22.3 Å². The molecule has 0 aliphatic carbocycles. The molecule has 6 nitrogen and oxygen atoms in total. The van der Waals surface area contributed by atoms with Gasteiger partial charge in [0, 0.05) is 12.2 Å². The maximum Gasteiger partial charge on any atom is 0.325 e. The van der Waals surface area contributed by atoms with Crippen molar-refractivity contribution in [3.05, 3.63) is 64.7 Å². The molecule has 28 heavy (non-hydrogen) atoms. The van der Waals surface area contributed by atoms with Crippen LogP contribution in [0.25, 0.3) is 0 Å². The van der Waals surface area contributed by atoms with Gasteiger partial charge >= 0.3 is 6.03 Å². The second-order valence-corrected chi connectivity index (χ2v) is 9.76. The van der Waals surface area contributed by atoms with E-state index in [-0.39, 0.29) is 24.1 Å². The van der Waals surface area contributed by atoms with Crippen molar-refractivity contribution >= 4 is 21.6 Å². The third kappa shape index (κ3) is 3.14. The van der Waals surface area contributed by atoms with E-state index in [1.165, 1.54) is 0 Å². The Morgan fingerprint density at radius 3 is 2.39 bits per heavy atom. The molecule has 2 aliphatic rings. The molecule has 2 amide bonds. The molecule has 0 N–H and O–H groups in total. The van der Waals surface area contributed by atoms with E-state index in [9.17, 15) is 18.5 Å². The van der Waals surface area contributed by atoms with Crippen LogP contribution in [0.5, 0.6) is 0 Å². The van der Waals surface area contributed by atoms with Crippen molar-refractivity contribution in [2.45, 2.75) is 32.5 Å². The van der Waals surface area contributed by atoms with Crippen LogP contribution in [0.3, 0.4) is 0 Å². The normalized spacial score (nSPS) is 23.0. The molecule has 2 aliphatic heterocycles.